The highest BCUT2D eigenvalue weighted by atomic mass is 127. The van der Waals surface area contributed by atoms with Crippen molar-refractivity contribution in [2.24, 2.45) is 0 Å². The maximum Gasteiger partial charge on any atom is 0.263 e. The summed E-state index contributed by atoms with van der Waals surface area (Å²) in [6.45, 7) is -0.643. The molecule has 7 nitrogen and oxygen atoms in total. The van der Waals surface area contributed by atoms with Gasteiger partial charge in [0, 0.05) is 3.57 Å². The van der Waals surface area contributed by atoms with Crippen LogP contribution in [0.3, 0.4) is 0 Å². The molecule has 0 unspecified atom stereocenters. The highest BCUT2D eigenvalue weighted by Crippen LogP contribution is 2.27. The predicted molar refractivity (Wildman–Crippen MR) is 104 cm³/mol. The Morgan fingerprint density at radius 3 is 2.81 bits per heavy atom. The zero-order chi connectivity index (χ0) is 18.8. The number of aromatic nitrogens is 3. The lowest BCUT2D eigenvalue weighted by atomic mass is 10.2. The van der Waals surface area contributed by atoms with Gasteiger partial charge in [0.2, 0.25) is 0 Å². The van der Waals surface area contributed by atoms with Crippen molar-refractivity contribution in [3.63, 3.8) is 0 Å². The minimum absolute atomic E-state index is 0.0283. The van der Waals surface area contributed by atoms with Crippen LogP contribution in [0, 0.1) is 9.39 Å². The Hall–Kier alpha value is -1.82. The number of anilines is 2. The van der Waals surface area contributed by atoms with Crippen LogP contribution in [0.1, 0.15) is 0 Å². The fourth-order valence-corrected chi connectivity index (χ4v) is 3.03. The third-order valence-electron chi connectivity index (χ3n) is 3.63. The molecule has 0 fully saturated rings. The summed E-state index contributed by atoms with van der Waals surface area (Å²) in [6, 6.07) is 4.61. The van der Waals surface area contributed by atoms with Gasteiger partial charge in [0.1, 0.15) is 11.3 Å². The van der Waals surface area contributed by atoms with Gasteiger partial charge in [-0.2, -0.15) is 0 Å². The van der Waals surface area contributed by atoms with Crippen LogP contribution >= 0.6 is 34.2 Å². The van der Waals surface area contributed by atoms with Gasteiger partial charge in [-0.25, -0.2) is 14.4 Å². The first-order valence-corrected chi connectivity index (χ1v) is 8.91. The molecule has 3 aromatic rings. The number of pyridine rings is 1. The highest BCUT2D eigenvalue weighted by Gasteiger charge is 2.16. The van der Waals surface area contributed by atoms with Gasteiger partial charge in [0.05, 0.1) is 48.5 Å². The molecule has 2 heterocycles. The van der Waals surface area contributed by atoms with Crippen LogP contribution in [0.4, 0.5) is 15.8 Å². The normalized spacial score (nSPS) is 12.3. The molecule has 3 N–H and O–H groups in total. The fraction of sp³-hybridized carbons (Fsp3) is 0.188. The minimum Gasteiger partial charge on any atom is -0.394 e. The standard InChI is InChI=1S/C16H13ClFIN4O3/c17-15-14-13(16(26)23(7-21-14)5-9(25)6-24)12(4-20-15)22-11-2-1-8(19)3-10(11)18/h1-4,7,9,22,24-25H,5-6H2/t9-/m0/s1. The van der Waals surface area contributed by atoms with E-state index in [1.807, 2.05) is 22.6 Å². The lowest BCUT2D eigenvalue weighted by Crippen LogP contribution is -2.29. The number of hydrogen-bond donors (Lipinski definition) is 3. The van der Waals surface area contributed by atoms with Gasteiger partial charge >= 0.3 is 0 Å². The number of fused-ring (bicyclic) bond motifs is 1. The zero-order valence-corrected chi connectivity index (χ0v) is 16.1. The summed E-state index contributed by atoms with van der Waals surface area (Å²) in [5.74, 6) is -0.486. The van der Waals surface area contributed by atoms with Crippen molar-refractivity contribution in [3.05, 3.63) is 55.6 Å². The van der Waals surface area contributed by atoms with E-state index >= 15 is 0 Å². The van der Waals surface area contributed by atoms with Crippen LogP contribution in [-0.4, -0.2) is 37.5 Å². The SMILES string of the molecule is O=c1c2c(Nc3ccc(I)cc3F)cnc(Cl)c2ncn1C[C@H](O)CO. The molecule has 0 aliphatic carbocycles. The average Bonchev–Trinajstić information content (AvgIpc) is 2.61. The van der Waals surface area contributed by atoms with E-state index in [2.05, 4.69) is 15.3 Å². The molecule has 1 aromatic carbocycles. The molecule has 0 amide bonds. The Bertz CT molecular complexity index is 1030. The van der Waals surface area contributed by atoms with Crippen LogP contribution in [0.2, 0.25) is 5.15 Å². The molecule has 0 saturated heterocycles. The predicted octanol–water partition coefficient (Wildman–Crippen LogP) is 2.29. The minimum atomic E-state index is -1.12. The number of halogens is 3. The maximum absolute atomic E-state index is 14.1. The first kappa shape index (κ1) is 19.0. The Morgan fingerprint density at radius 2 is 2.12 bits per heavy atom. The van der Waals surface area contributed by atoms with E-state index in [1.165, 1.54) is 18.6 Å². The number of rotatable bonds is 5. The van der Waals surface area contributed by atoms with Gasteiger partial charge in [-0.3, -0.25) is 9.36 Å². The second kappa shape index (κ2) is 7.82. The van der Waals surface area contributed by atoms with Crippen molar-refractivity contribution in [1.29, 1.82) is 0 Å². The Kier molecular flexibility index (Phi) is 5.70. The van der Waals surface area contributed by atoms with Crippen molar-refractivity contribution in [1.82, 2.24) is 14.5 Å². The molecule has 2 aromatic heterocycles. The van der Waals surface area contributed by atoms with Gasteiger partial charge in [0.15, 0.2) is 5.15 Å². The molecular weight excluding hydrogens is 478 g/mol. The monoisotopic (exact) mass is 490 g/mol. The van der Waals surface area contributed by atoms with Crippen molar-refractivity contribution in [2.45, 2.75) is 12.6 Å². The molecule has 0 bridgehead atoms. The van der Waals surface area contributed by atoms with Crippen molar-refractivity contribution >= 4 is 56.5 Å². The van der Waals surface area contributed by atoms with Crippen LogP contribution in [0.5, 0.6) is 0 Å². The van der Waals surface area contributed by atoms with Crippen LogP contribution in [0.15, 0.2) is 35.5 Å². The Morgan fingerprint density at radius 1 is 1.35 bits per heavy atom. The molecule has 0 saturated carbocycles. The molecule has 1 atom stereocenters. The van der Waals surface area contributed by atoms with E-state index < -0.39 is 24.1 Å². The van der Waals surface area contributed by atoms with E-state index in [9.17, 15) is 14.3 Å². The lowest BCUT2D eigenvalue weighted by Gasteiger charge is -2.13. The second-order valence-corrected chi connectivity index (χ2v) is 7.08. The van der Waals surface area contributed by atoms with Gasteiger partial charge in [0.25, 0.3) is 5.56 Å². The number of nitrogens with zero attached hydrogens (tertiary/aromatic N) is 3. The van der Waals surface area contributed by atoms with E-state index in [1.54, 1.807) is 12.1 Å². The van der Waals surface area contributed by atoms with Gasteiger partial charge in [-0.15, -0.1) is 0 Å². The van der Waals surface area contributed by atoms with Crippen molar-refractivity contribution in [3.8, 4) is 0 Å². The maximum atomic E-state index is 14.1. The topological polar surface area (TPSA) is 100 Å². The Labute approximate surface area is 165 Å². The third kappa shape index (κ3) is 3.80. The second-order valence-electron chi connectivity index (χ2n) is 5.47. The van der Waals surface area contributed by atoms with Crippen LogP contribution in [-0.2, 0) is 6.54 Å². The molecule has 136 valence electrons. The smallest absolute Gasteiger partial charge is 0.263 e. The summed E-state index contributed by atoms with van der Waals surface area (Å²) < 4.78 is 16.0. The van der Waals surface area contributed by atoms with Crippen LogP contribution < -0.4 is 10.9 Å². The first-order chi connectivity index (χ1) is 12.4. The molecule has 0 spiro atoms. The molecule has 26 heavy (non-hydrogen) atoms. The largest absolute Gasteiger partial charge is 0.394 e. The average molecular weight is 491 g/mol. The summed E-state index contributed by atoms with van der Waals surface area (Å²) >= 11 is 8.02. The van der Waals surface area contributed by atoms with E-state index in [0.29, 0.717) is 0 Å². The Balaban J connectivity index is 2.14. The van der Waals surface area contributed by atoms with Gasteiger partial charge in [-0.1, -0.05) is 11.6 Å². The van der Waals surface area contributed by atoms with E-state index in [0.717, 1.165) is 8.14 Å². The summed E-state index contributed by atoms with van der Waals surface area (Å²) in [6.07, 6.45) is 1.42. The van der Waals surface area contributed by atoms with Gasteiger partial charge < -0.3 is 15.5 Å². The van der Waals surface area contributed by atoms with Crippen LogP contribution in [0.25, 0.3) is 10.9 Å². The molecule has 3 rings (SSSR count). The van der Waals surface area contributed by atoms with Gasteiger partial charge in [-0.05, 0) is 40.8 Å². The highest BCUT2D eigenvalue weighted by molar-refractivity contribution is 14.1. The van der Waals surface area contributed by atoms with Crippen molar-refractivity contribution in [2.75, 3.05) is 11.9 Å². The summed E-state index contributed by atoms with van der Waals surface area (Å²) in [7, 11) is 0. The van der Waals surface area contributed by atoms with E-state index in [-0.39, 0.29) is 34.0 Å². The third-order valence-corrected chi connectivity index (χ3v) is 4.58. The number of hydrogen-bond acceptors (Lipinski definition) is 6. The van der Waals surface area contributed by atoms with Crippen molar-refractivity contribution < 1.29 is 14.6 Å². The quantitative estimate of drug-likeness (QED) is 0.375. The lowest BCUT2D eigenvalue weighted by molar-refractivity contribution is 0.0803. The number of aliphatic hydroxyl groups is 2. The number of aliphatic hydroxyl groups excluding tert-OH is 2. The summed E-state index contributed by atoms with van der Waals surface area (Å²) in [4.78, 5) is 20.9. The molecule has 0 radical (unpaired) electrons. The van der Waals surface area contributed by atoms with E-state index in [4.69, 9.17) is 16.7 Å². The number of nitrogens with one attached hydrogen (secondary N) is 1. The summed E-state index contributed by atoms with van der Waals surface area (Å²) in [5.41, 5.74) is 0.0541. The molecular formula is C16H13ClFIN4O3. The molecule has 10 heteroatoms. The summed E-state index contributed by atoms with van der Waals surface area (Å²) in [5, 5.41) is 21.5. The zero-order valence-electron chi connectivity index (χ0n) is 13.2. The molecule has 0 aliphatic rings. The molecule has 0 aliphatic heterocycles. The first-order valence-electron chi connectivity index (χ1n) is 7.45. The fourth-order valence-electron chi connectivity index (χ4n) is 2.38. The number of benzene rings is 1.